The molecule has 1 aliphatic heterocycles. The predicted molar refractivity (Wildman–Crippen MR) is 150 cm³/mol. The standard InChI is InChI=1S/C28H32N6O4S/c1-4-25(35)33-11-5-6-19(33)15-34-21-8-7-18(13-29-16-28(2,3)37)12-20(21)31-27(34)32-26(36)24-10-9-23(39-24)22-14-30-17-38-22/h4,7-10,12,14,17,19,29,37H,1,5-6,11,13,15-16H2,2-3H3,(H,31,32,36). The minimum atomic E-state index is -0.811. The van der Waals surface area contributed by atoms with E-state index >= 15 is 0 Å². The van der Waals surface area contributed by atoms with Crippen LogP contribution < -0.4 is 10.6 Å². The number of aliphatic hydroxyl groups is 1. The van der Waals surface area contributed by atoms with E-state index in [0.29, 0.717) is 42.8 Å². The number of imidazole rings is 1. The van der Waals surface area contributed by atoms with Crippen LogP contribution in [0.25, 0.3) is 21.7 Å². The van der Waals surface area contributed by atoms with Gasteiger partial charge in [-0.1, -0.05) is 12.6 Å². The second-order valence-electron chi connectivity index (χ2n) is 10.3. The van der Waals surface area contributed by atoms with Gasteiger partial charge in [-0.05, 0) is 62.6 Å². The molecule has 0 aliphatic carbocycles. The number of nitrogens with zero attached hydrogens (tertiary/aromatic N) is 4. The van der Waals surface area contributed by atoms with Crippen LogP contribution in [-0.2, 0) is 17.9 Å². The Hall–Kier alpha value is -3.80. The number of likely N-dealkylation sites (tertiary alicyclic amines) is 1. The normalized spacial score (nSPS) is 15.7. The van der Waals surface area contributed by atoms with Gasteiger partial charge in [-0.25, -0.2) is 9.97 Å². The van der Waals surface area contributed by atoms with Crippen molar-refractivity contribution in [2.75, 3.05) is 18.4 Å². The maximum absolute atomic E-state index is 13.3. The minimum Gasteiger partial charge on any atom is -0.443 e. The number of thiophene rings is 1. The lowest BCUT2D eigenvalue weighted by atomic mass is 10.1. The van der Waals surface area contributed by atoms with E-state index in [1.807, 2.05) is 33.7 Å². The van der Waals surface area contributed by atoms with Gasteiger partial charge in [-0.15, -0.1) is 11.3 Å². The number of hydrogen-bond acceptors (Lipinski definition) is 8. The molecule has 5 rings (SSSR count). The highest BCUT2D eigenvalue weighted by molar-refractivity contribution is 7.17. The van der Waals surface area contributed by atoms with Gasteiger partial charge in [0.25, 0.3) is 5.91 Å². The van der Waals surface area contributed by atoms with Crippen molar-refractivity contribution < 1.29 is 19.1 Å². The quantitative estimate of drug-likeness (QED) is 0.255. The summed E-state index contributed by atoms with van der Waals surface area (Å²) >= 11 is 1.31. The fourth-order valence-corrected chi connectivity index (χ4v) is 5.67. The molecule has 0 saturated carbocycles. The van der Waals surface area contributed by atoms with Gasteiger partial charge in [0.05, 0.1) is 38.6 Å². The van der Waals surface area contributed by atoms with Crippen LogP contribution in [-0.4, -0.2) is 61.1 Å². The van der Waals surface area contributed by atoms with Crippen LogP contribution in [0.5, 0.6) is 0 Å². The van der Waals surface area contributed by atoms with E-state index in [9.17, 15) is 14.7 Å². The van der Waals surface area contributed by atoms with E-state index in [2.05, 4.69) is 22.2 Å². The highest BCUT2D eigenvalue weighted by Crippen LogP contribution is 2.30. The van der Waals surface area contributed by atoms with E-state index in [4.69, 9.17) is 9.40 Å². The molecule has 1 saturated heterocycles. The number of fused-ring (bicyclic) bond motifs is 1. The number of hydrogen-bond donors (Lipinski definition) is 3. The summed E-state index contributed by atoms with van der Waals surface area (Å²) < 4.78 is 7.33. The highest BCUT2D eigenvalue weighted by Gasteiger charge is 2.29. The Kier molecular flexibility index (Phi) is 7.65. The van der Waals surface area contributed by atoms with Gasteiger partial charge in [0.15, 0.2) is 12.2 Å². The Morgan fingerprint density at radius 3 is 2.90 bits per heavy atom. The number of oxazole rings is 1. The van der Waals surface area contributed by atoms with Gasteiger partial charge in [-0.2, -0.15) is 0 Å². The van der Waals surface area contributed by atoms with Crippen molar-refractivity contribution in [3.8, 4) is 10.6 Å². The second kappa shape index (κ2) is 11.1. The van der Waals surface area contributed by atoms with E-state index in [-0.39, 0.29) is 17.9 Å². The molecule has 4 heterocycles. The van der Waals surface area contributed by atoms with Crippen molar-refractivity contribution >= 4 is 40.1 Å². The lowest BCUT2D eigenvalue weighted by Gasteiger charge is -2.24. The molecular weight excluding hydrogens is 516 g/mol. The average molecular weight is 549 g/mol. The number of benzene rings is 1. The zero-order valence-corrected chi connectivity index (χ0v) is 22.8. The van der Waals surface area contributed by atoms with Gasteiger partial charge < -0.3 is 24.3 Å². The molecule has 10 nitrogen and oxygen atoms in total. The number of nitrogens with one attached hydrogen (secondary N) is 2. The maximum atomic E-state index is 13.3. The van der Waals surface area contributed by atoms with Crippen LogP contribution in [0.1, 0.15) is 41.9 Å². The van der Waals surface area contributed by atoms with E-state index < -0.39 is 5.60 Å². The summed E-state index contributed by atoms with van der Waals surface area (Å²) in [6.45, 7) is 9.35. The van der Waals surface area contributed by atoms with Gasteiger partial charge in [-0.3, -0.25) is 14.9 Å². The minimum absolute atomic E-state index is 0.0310. The van der Waals surface area contributed by atoms with E-state index in [1.54, 1.807) is 26.1 Å². The molecule has 39 heavy (non-hydrogen) atoms. The molecule has 11 heteroatoms. The van der Waals surface area contributed by atoms with Crippen LogP contribution in [0.15, 0.2) is 60.0 Å². The molecule has 0 bridgehead atoms. The number of anilines is 1. The molecule has 1 atom stereocenters. The third-order valence-corrected chi connectivity index (χ3v) is 7.76. The zero-order chi connectivity index (χ0) is 27.6. The molecule has 1 unspecified atom stereocenters. The topological polar surface area (TPSA) is 126 Å². The molecule has 1 aromatic carbocycles. The smallest absolute Gasteiger partial charge is 0.268 e. The summed E-state index contributed by atoms with van der Waals surface area (Å²) in [6.07, 6.45) is 6.09. The SMILES string of the molecule is C=CC(=O)N1CCCC1Cn1c(NC(=O)c2ccc(-c3cnco3)s2)nc2cc(CNCC(C)(C)O)ccc21. The lowest BCUT2D eigenvalue weighted by molar-refractivity contribution is -0.126. The fourth-order valence-electron chi connectivity index (χ4n) is 4.81. The van der Waals surface area contributed by atoms with Crippen molar-refractivity contribution in [3.05, 3.63) is 66.0 Å². The summed E-state index contributed by atoms with van der Waals surface area (Å²) in [4.78, 5) is 37.6. The van der Waals surface area contributed by atoms with Crippen LogP contribution in [0.2, 0.25) is 0 Å². The van der Waals surface area contributed by atoms with E-state index in [0.717, 1.165) is 34.3 Å². The van der Waals surface area contributed by atoms with Crippen LogP contribution in [0.3, 0.4) is 0 Å². The van der Waals surface area contributed by atoms with Crippen molar-refractivity contribution in [1.82, 2.24) is 24.8 Å². The van der Waals surface area contributed by atoms with Crippen molar-refractivity contribution in [1.29, 1.82) is 0 Å². The number of aromatic nitrogens is 3. The molecule has 204 valence electrons. The fraction of sp³-hybridized carbons (Fsp3) is 0.357. The number of rotatable bonds is 10. The first-order chi connectivity index (χ1) is 18.7. The number of amides is 2. The summed E-state index contributed by atoms with van der Waals surface area (Å²) in [7, 11) is 0. The van der Waals surface area contributed by atoms with Crippen molar-refractivity contribution in [3.63, 3.8) is 0 Å². The molecule has 3 N–H and O–H groups in total. The molecule has 0 spiro atoms. The largest absolute Gasteiger partial charge is 0.443 e. The van der Waals surface area contributed by atoms with Gasteiger partial charge in [0.1, 0.15) is 0 Å². The van der Waals surface area contributed by atoms with Crippen molar-refractivity contribution in [2.45, 2.75) is 51.4 Å². The Bertz CT molecular complexity index is 1480. The molecule has 2 amide bonds. The van der Waals surface area contributed by atoms with Crippen LogP contribution in [0, 0.1) is 0 Å². The highest BCUT2D eigenvalue weighted by atomic mass is 32.1. The number of carbonyl (C=O) groups excluding carboxylic acids is 2. The van der Waals surface area contributed by atoms with Crippen LogP contribution >= 0.6 is 11.3 Å². The summed E-state index contributed by atoms with van der Waals surface area (Å²) in [5, 5.41) is 16.2. The molecule has 1 fully saturated rings. The summed E-state index contributed by atoms with van der Waals surface area (Å²) in [6, 6.07) is 9.52. The van der Waals surface area contributed by atoms with Crippen LogP contribution in [0.4, 0.5) is 5.95 Å². The molecule has 0 radical (unpaired) electrons. The van der Waals surface area contributed by atoms with E-state index in [1.165, 1.54) is 23.8 Å². The maximum Gasteiger partial charge on any atom is 0.268 e. The Morgan fingerprint density at radius 1 is 1.31 bits per heavy atom. The summed E-state index contributed by atoms with van der Waals surface area (Å²) in [5.74, 6) is 0.653. The molecule has 4 aromatic rings. The molecular formula is C28H32N6O4S. The Balaban J connectivity index is 1.43. The number of carbonyl (C=O) groups is 2. The first-order valence-electron chi connectivity index (χ1n) is 12.9. The predicted octanol–water partition coefficient (Wildman–Crippen LogP) is 4.04. The summed E-state index contributed by atoms with van der Waals surface area (Å²) in [5.41, 5.74) is 1.80. The lowest BCUT2D eigenvalue weighted by Crippen LogP contribution is -2.37. The Morgan fingerprint density at radius 2 is 2.15 bits per heavy atom. The monoisotopic (exact) mass is 548 g/mol. The van der Waals surface area contributed by atoms with Gasteiger partial charge in [0.2, 0.25) is 11.9 Å². The average Bonchev–Trinajstić information content (AvgIpc) is 3.70. The van der Waals surface area contributed by atoms with Gasteiger partial charge in [0, 0.05) is 26.2 Å². The van der Waals surface area contributed by atoms with Crippen molar-refractivity contribution in [2.24, 2.45) is 0 Å². The Labute approximate surface area is 230 Å². The second-order valence-corrected chi connectivity index (χ2v) is 11.4. The van der Waals surface area contributed by atoms with Gasteiger partial charge >= 0.3 is 0 Å². The third kappa shape index (κ3) is 6.11. The molecule has 3 aromatic heterocycles. The first kappa shape index (κ1) is 26.8. The molecule has 1 aliphatic rings. The third-order valence-electron chi connectivity index (χ3n) is 6.66. The zero-order valence-electron chi connectivity index (χ0n) is 22.0. The first-order valence-corrected chi connectivity index (χ1v) is 13.7.